The Morgan fingerprint density at radius 2 is 1.79 bits per heavy atom. The summed E-state index contributed by atoms with van der Waals surface area (Å²) in [4.78, 5) is 9.37. The van der Waals surface area contributed by atoms with Gasteiger partial charge in [-0.1, -0.05) is 24.3 Å². The Morgan fingerprint density at radius 3 is 2.42 bits per heavy atom. The minimum absolute atomic E-state index is 0.315. The number of phenolic OH excluding ortho intramolecular Hbond substituents is 1. The number of nitrogens with one attached hydrogen (secondary N) is 1. The molecule has 0 atom stereocenters. The van der Waals surface area contributed by atoms with Crippen molar-refractivity contribution in [3.63, 3.8) is 0 Å². The zero-order valence-electron chi connectivity index (χ0n) is 19.4. The van der Waals surface area contributed by atoms with Crippen molar-refractivity contribution in [2.45, 2.75) is 20.0 Å². The van der Waals surface area contributed by atoms with E-state index in [4.69, 9.17) is 9.73 Å². The smallest absolute Gasteiger partial charge is 0.194 e. The average molecular weight is 450 g/mol. The van der Waals surface area contributed by atoms with Gasteiger partial charge < -0.3 is 29.5 Å². The molecule has 1 aromatic heterocycles. The Balaban J connectivity index is 1.46. The quantitative estimate of drug-likeness (QED) is 0.441. The first-order valence-electron chi connectivity index (χ1n) is 11.1. The second kappa shape index (κ2) is 10.2. The molecule has 9 nitrogen and oxygen atoms in total. The fraction of sp³-hybridized carbons (Fsp3) is 0.375. The van der Waals surface area contributed by atoms with E-state index in [9.17, 15) is 5.11 Å². The van der Waals surface area contributed by atoms with Crippen LogP contribution >= 0.6 is 0 Å². The van der Waals surface area contributed by atoms with Gasteiger partial charge >= 0.3 is 0 Å². The predicted molar refractivity (Wildman–Crippen MR) is 129 cm³/mol. The second-order valence-electron chi connectivity index (χ2n) is 8.03. The zero-order chi connectivity index (χ0) is 23.2. The van der Waals surface area contributed by atoms with Crippen molar-refractivity contribution < 1.29 is 9.84 Å². The van der Waals surface area contributed by atoms with E-state index in [1.54, 1.807) is 13.2 Å². The molecule has 3 aromatic rings. The standard InChI is InChI=1S/C24H31N7O2/c1-18-27-28-23(29(18)2)17-26-24(25-16-19-8-10-20(33-3)11-9-19)31-14-12-30(13-15-31)21-6-4-5-7-22(21)32/h4-11,32H,12-17H2,1-3H3,(H,25,26). The Hall–Kier alpha value is -3.75. The molecular formula is C24H31N7O2. The number of aromatic nitrogens is 3. The molecule has 9 heteroatoms. The van der Waals surface area contributed by atoms with Crippen LogP contribution in [0.25, 0.3) is 0 Å². The SMILES string of the molecule is COc1ccc(CN=C(NCc2nnc(C)n2C)N2CCN(c3ccccc3O)CC2)cc1. The first kappa shape index (κ1) is 22.4. The van der Waals surface area contributed by atoms with Crippen LogP contribution in [-0.4, -0.2) is 64.0 Å². The number of ether oxygens (including phenoxy) is 1. The largest absolute Gasteiger partial charge is 0.506 e. The Bertz CT molecular complexity index is 1090. The van der Waals surface area contributed by atoms with Crippen LogP contribution in [0.15, 0.2) is 53.5 Å². The summed E-state index contributed by atoms with van der Waals surface area (Å²) in [5.74, 6) is 3.72. The van der Waals surface area contributed by atoms with Crippen LogP contribution in [0.4, 0.5) is 5.69 Å². The van der Waals surface area contributed by atoms with Gasteiger partial charge in [0.15, 0.2) is 11.8 Å². The summed E-state index contributed by atoms with van der Waals surface area (Å²) in [5.41, 5.74) is 1.98. The van der Waals surface area contributed by atoms with Crippen LogP contribution in [-0.2, 0) is 20.1 Å². The lowest BCUT2D eigenvalue weighted by Crippen LogP contribution is -2.52. The van der Waals surface area contributed by atoms with Gasteiger partial charge in [-0.3, -0.25) is 0 Å². The number of aliphatic imine (C=N–C) groups is 1. The maximum absolute atomic E-state index is 10.2. The predicted octanol–water partition coefficient (Wildman–Crippen LogP) is 2.31. The van der Waals surface area contributed by atoms with E-state index < -0.39 is 0 Å². The number of nitrogens with zero attached hydrogens (tertiary/aromatic N) is 6. The van der Waals surface area contributed by atoms with E-state index in [1.165, 1.54) is 0 Å². The van der Waals surface area contributed by atoms with Gasteiger partial charge in [-0.25, -0.2) is 4.99 Å². The summed E-state index contributed by atoms with van der Waals surface area (Å²) in [6, 6.07) is 15.4. The van der Waals surface area contributed by atoms with Crippen LogP contribution in [0, 0.1) is 6.92 Å². The molecule has 2 aromatic carbocycles. The maximum atomic E-state index is 10.2. The van der Waals surface area contributed by atoms with Crippen molar-refractivity contribution in [2.24, 2.45) is 12.0 Å². The number of aryl methyl sites for hydroxylation is 1. The minimum Gasteiger partial charge on any atom is -0.506 e. The highest BCUT2D eigenvalue weighted by Crippen LogP contribution is 2.27. The lowest BCUT2D eigenvalue weighted by molar-refractivity contribution is 0.368. The molecule has 0 unspecified atom stereocenters. The van der Waals surface area contributed by atoms with Crippen molar-refractivity contribution in [1.29, 1.82) is 0 Å². The van der Waals surface area contributed by atoms with E-state index in [1.807, 2.05) is 61.0 Å². The molecule has 1 aliphatic heterocycles. The molecule has 1 aliphatic rings. The lowest BCUT2D eigenvalue weighted by Gasteiger charge is -2.38. The first-order chi connectivity index (χ1) is 16.0. The number of hydrogen-bond donors (Lipinski definition) is 2. The van der Waals surface area contributed by atoms with E-state index in [0.29, 0.717) is 18.8 Å². The van der Waals surface area contributed by atoms with Gasteiger partial charge in [0, 0.05) is 33.2 Å². The summed E-state index contributed by atoms with van der Waals surface area (Å²) in [5, 5.41) is 22.1. The third kappa shape index (κ3) is 5.36. The van der Waals surface area contributed by atoms with Gasteiger partial charge in [0.2, 0.25) is 0 Å². The van der Waals surface area contributed by atoms with E-state index in [-0.39, 0.29) is 0 Å². The summed E-state index contributed by atoms with van der Waals surface area (Å²) < 4.78 is 7.23. The molecule has 33 heavy (non-hydrogen) atoms. The molecule has 1 fully saturated rings. The molecule has 2 heterocycles. The van der Waals surface area contributed by atoms with Crippen molar-refractivity contribution in [3.05, 3.63) is 65.7 Å². The number of anilines is 1. The normalized spacial score (nSPS) is 14.5. The third-order valence-electron chi connectivity index (χ3n) is 5.96. The molecule has 0 aliphatic carbocycles. The minimum atomic E-state index is 0.315. The van der Waals surface area contributed by atoms with Crippen LogP contribution in [0.5, 0.6) is 11.5 Å². The van der Waals surface area contributed by atoms with Crippen molar-refractivity contribution in [1.82, 2.24) is 25.0 Å². The summed E-state index contributed by atoms with van der Waals surface area (Å²) in [6.07, 6.45) is 0. The molecule has 0 saturated carbocycles. The van der Waals surface area contributed by atoms with E-state index >= 15 is 0 Å². The number of guanidine groups is 1. The number of methoxy groups -OCH3 is 1. The second-order valence-corrected chi connectivity index (χ2v) is 8.03. The van der Waals surface area contributed by atoms with Crippen molar-refractivity contribution in [2.75, 3.05) is 38.2 Å². The Kier molecular flexibility index (Phi) is 6.97. The summed E-state index contributed by atoms with van der Waals surface area (Å²) in [6.45, 7) is 6.21. The molecule has 174 valence electrons. The number of aromatic hydroxyl groups is 1. The Morgan fingerprint density at radius 1 is 1.06 bits per heavy atom. The number of piperazine rings is 1. The van der Waals surface area contributed by atoms with E-state index in [2.05, 4.69) is 25.3 Å². The molecule has 0 amide bonds. The van der Waals surface area contributed by atoms with Crippen LogP contribution in [0.2, 0.25) is 0 Å². The van der Waals surface area contributed by atoms with Gasteiger partial charge in [-0.15, -0.1) is 10.2 Å². The monoisotopic (exact) mass is 449 g/mol. The lowest BCUT2D eigenvalue weighted by atomic mass is 10.2. The highest BCUT2D eigenvalue weighted by atomic mass is 16.5. The fourth-order valence-corrected chi connectivity index (χ4v) is 3.82. The molecule has 0 radical (unpaired) electrons. The zero-order valence-corrected chi connectivity index (χ0v) is 19.4. The molecule has 4 rings (SSSR count). The van der Waals surface area contributed by atoms with Gasteiger partial charge in [-0.2, -0.15) is 0 Å². The van der Waals surface area contributed by atoms with Crippen molar-refractivity contribution in [3.8, 4) is 11.5 Å². The average Bonchev–Trinajstić information content (AvgIpc) is 3.17. The summed E-state index contributed by atoms with van der Waals surface area (Å²) in [7, 11) is 3.63. The molecule has 2 N–H and O–H groups in total. The number of rotatable bonds is 6. The number of para-hydroxylation sites is 2. The van der Waals surface area contributed by atoms with Gasteiger partial charge in [0.25, 0.3) is 0 Å². The Labute approximate surface area is 194 Å². The van der Waals surface area contributed by atoms with Gasteiger partial charge in [0.05, 0.1) is 25.9 Å². The van der Waals surface area contributed by atoms with Crippen LogP contribution in [0.1, 0.15) is 17.2 Å². The maximum Gasteiger partial charge on any atom is 0.194 e. The van der Waals surface area contributed by atoms with E-state index in [0.717, 1.165) is 60.8 Å². The van der Waals surface area contributed by atoms with Crippen LogP contribution in [0.3, 0.4) is 0 Å². The van der Waals surface area contributed by atoms with Crippen molar-refractivity contribution >= 4 is 11.6 Å². The van der Waals surface area contributed by atoms with Crippen LogP contribution < -0.4 is 15.0 Å². The molecule has 1 saturated heterocycles. The molecule has 0 spiro atoms. The topological polar surface area (TPSA) is 91.0 Å². The molecule has 0 bridgehead atoms. The molecular weight excluding hydrogens is 418 g/mol. The number of benzene rings is 2. The first-order valence-corrected chi connectivity index (χ1v) is 11.1. The summed E-state index contributed by atoms with van der Waals surface area (Å²) >= 11 is 0. The fourth-order valence-electron chi connectivity index (χ4n) is 3.82. The highest BCUT2D eigenvalue weighted by Gasteiger charge is 2.22. The third-order valence-corrected chi connectivity index (χ3v) is 5.96. The number of hydrogen-bond acceptors (Lipinski definition) is 6. The van der Waals surface area contributed by atoms with Gasteiger partial charge in [0.1, 0.15) is 17.3 Å². The number of phenols is 1. The van der Waals surface area contributed by atoms with Gasteiger partial charge in [-0.05, 0) is 36.8 Å². The highest BCUT2D eigenvalue weighted by molar-refractivity contribution is 5.80.